The Balaban J connectivity index is 1.27. The van der Waals surface area contributed by atoms with Crippen molar-refractivity contribution in [2.75, 3.05) is 0 Å². The summed E-state index contributed by atoms with van der Waals surface area (Å²) in [6.07, 6.45) is 0. The summed E-state index contributed by atoms with van der Waals surface area (Å²) in [5.74, 6) is 3.57. The molecule has 0 aliphatic heterocycles. The molecule has 9 aromatic rings. The number of benzene rings is 6. The first-order valence-corrected chi connectivity index (χ1v) is 17.4. The highest BCUT2D eigenvalue weighted by molar-refractivity contribution is 7.22. The highest BCUT2D eigenvalue weighted by Crippen LogP contribution is 2.36. The molecule has 0 fully saturated rings. The standard InChI is InChI=1S/C44H28N6S/c1-5-15-29(16-6-1)34-25-35(42-46-39(30-17-7-2-8-18-30)45-40(47-42)31-19-9-3-10-20-31)27-36(26-34)43-48-41(32-21-11-4-12-22-32)49-44(50-43)38-28-33-23-13-14-24-37(33)51-38/h1-28H. The minimum atomic E-state index is 0.559. The van der Waals surface area contributed by atoms with Gasteiger partial charge in [0.25, 0.3) is 0 Å². The van der Waals surface area contributed by atoms with Crippen LogP contribution in [0.5, 0.6) is 0 Å². The van der Waals surface area contributed by atoms with Gasteiger partial charge in [-0.3, -0.25) is 0 Å². The van der Waals surface area contributed by atoms with E-state index in [1.165, 1.54) is 4.70 Å². The molecule has 6 aromatic carbocycles. The maximum Gasteiger partial charge on any atom is 0.174 e. The van der Waals surface area contributed by atoms with Gasteiger partial charge in [-0.05, 0) is 46.8 Å². The third-order valence-corrected chi connectivity index (χ3v) is 9.68. The summed E-state index contributed by atoms with van der Waals surface area (Å²) in [6.45, 7) is 0. The zero-order chi connectivity index (χ0) is 34.0. The Kier molecular flexibility index (Phi) is 7.92. The second kappa shape index (κ2) is 13.3. The van der Waals surface area contributed by atoms with E-state index in [4.69, 9.17) is 29.9 Å². The summed E-state index contributed by atoms with van der Waals surface area (Å²) in [5, 5.41) is 1.16. The molecule has 0 bridgehead atoms. The lowest BCUT2D eigenvalue weighted by atomic mass is 9.98. The largest absolute Gasteiger partial charge is 0.208 e. The van der Waals surface area contributed by atoms with Gasteiger partial charge in [-0.25, -0.2) is 29.9 Å². The number of hydrogen-bond donors (Lipinski definition) is 0. The fraction of sp³-hybridized carbons (Fsp3) is 0. The molecule has 0 atom stereocenters. The highest BCUT2D eigenvalue weighted by atomic mass is 32.1. The topological polar surface area (TPSA) is 77.3 Å². The molecule has 0 aliphatic rings. The molecule has 0 radical (unpaired) electrons. The first-order valence-electron chi connectivity index (χ1n) is 16.6. The average molecular weight is 673 g/mol. The van der Waals surface area contributed by atoms with Crippen molar-refractivity contribution in [2.24, 2.45) is 0 Å². The molecular formula is C44H28N6S. The van der Waals surface area contributed by atoms with Crippen molar-refractivity contribution in [1.29, 1.82) is 0 Å². The van der Waals surface area contributed by atoms with Crippen LogP contribution in [0.3, 0.4) is 0 Å². The zero-order valence-corrected chi connectivity index (χ0v) is 28.1. The third kappa shape index (κ3) is 6.30. The zero-order valence-electron chi connectivity index (χ0n) is 27.3. The number of fused-ring (bicyclic) bond motifs is 1. The number of rotatable bonds is 7. The molecule has 0 saturated carbocycles. The molecule has 0 saturated heterocycles. The Morgan fingerprint density at radius 1 is 0.275 bits per heavy atom. The van der Waals surface area contributed by atoms with Gasteiger partial charge in [-0.15, -0.1) is 11.3 Å². The quantitative estimate of drug-likeness (QED) is 0.168. The van der Waals surface area contributed by atoms with Crippen LogP contribution in [-0.2, 0) is 0 Å². The van der Waals surface area contributed by atoms with Gasteiger partial charge >= 0.3 is 0 Å². The van der Waals surface area contributed by atoms with Crippen molar-refractivity contribution in [2.45, 2.75) is 0 Å². The van der Waals surface area contributed by atoms with Crippen LogP contribution in [0.4, 0.5) is 0 Å². The van der Waals surface area contributed by atoms with E-state index in [2.05, 4.69) is 60.7 Å². The van der Waals surface area contributed by atoms with Crippen molar-refractivity contribution in [3.05, 3.63) is 170 Å². The minimum absolute atomic E-state index is 0.559. The summed E-state index contributed by atoms with van der Waals surface area (Å²) in [5.41, 5.74) is 6.45. The Hall–Kier alpha value is -6.70. The first-order chi connectivity index (χ1) is 25.2. The molecule has 0 N–H and O–H groups in total. The molecule has 0 aliphatic carbocycles. The Morgan fingerprint density at radius 2 is 0.627 bits per heavy atom. The molecule has 3 heterocycles. The Bertz CT molecular complexity index is 2540. The SMILES string of the molecule is c1ccc(-c2cc(-c3nc(-c4ccccc4)nc(-c4ccccc4)n3)cc(-c3nc(-c4ccccc4)nc(-c4cc5ccccc5s4)n3)c2)cc1. The van der Waals surface area contributed by atoms with Crippen molar-refractivity contribution in [1.82, 2.24) is 29.9 Å². The number of nitrogens with zero attached hydrogens (tertiary/aromatic N) is 6. The van der Waals surface area contributed by atoms with Gasteiger partial charge < -0.3 is 0 Å². The predicted octanol–water partition coefficient (Wildman–Crippen LogP) is 10.9. The molecule has 0 amide bonds. The first kappa shape index (κ1) is 30.4. The van der Waals surface area contributed by atoms with Crippen molar-refractivity contribution >= 4 is 21.4 Å². The molecule has 3 aromatic heterocycles. The average Bonchev–Trinajstić information content (AvgIpc) is 3.66. The molecule has 7 heteroatoms. The van der Waals surface area contributed by atoms with E-state index in [1.807, 2.05) is 109 Å². The minimum Gasteiger partial charge on any atom is -0.208 e. The van der Waals surface area contributed by atoms with Crippen molar-refractivity contribution in [3.8, 4) is 78.8 Å². The summed E-state index contributed by atoms with van der Waals surface area (Å²) < 4.78 is 1.18. The van der Waals surface area contributed by atoms with E-state index >= 15 is 0 Å². The second-order valence-corrected chi connectivity index (χ2v) is 13.1. The lowest BCUT2D eigenvalue weighted by Crippen LogP contribution is -2.02. The molecule has 9 rings (SSSR count). The fourth-order valence-corrected chi connectivity index (χ4v) is 7.04. The van der Waals surface area contributed by atoms with Crippen molar-refractivity contribution in [3.63, 3.8) is 0 Å². The van der Waals surface area contributed by atoms with Gasteiger partial charge in [0.2, 0.25) is 0 Å². The Labute approximate surface area is 298 Å². The van der Waals surface area contributed by atoms with Gasteiger partial charge in [-0.1, -0.05) is 140 Å². The van der Waals surface area contributed by atoms with Crippen LogP contribution in [0, 0.1) is 0 Å². The van der Waals surface area contributed by atoms with Gasteiger partial charge in [-0.2, -0.15) is 0 Å². The van der Waals surface area contributed by atoms with Crippen LogP contribution in [0.25, 0.3) is 88.9 Å². The highest BCUT2D eigenvalue weighted by Gasteiger charge is 2.18. The summed E-state index contributed by atoms with van der Waals surface area (Å²) in [4.78, 5) is 31.2. The maximum atomic E-state index is 5.13. The van der Waals surface area contributed by atoms with Crippen molar-refractivity contribution < 1.29 is 0 Å². The molecule has 240 valence electrons. The number of thiophene rings is 1. The van der Waals surface area contributed by atoms with Gasteiger partial charge in [0.15, 0.2) is 34.9 Å². The second-order valence-electron chi connectivity index (χ2n) is 12.0. The van der Waals surface area contributed by atoms with E-state index in [-0.39, 0.29) is 0 Å². The van der Waals surface area contributed by atoms with Gasteiger partial charge in [0.05, 0.1) is 4.88 Å². The summed E-state index contributed by atoms with van der Waals surface area (Å²) in [6, 6.07) is 57.3. The lowest BCUT2D eigenvalue weighted by molar-refractivity contribution is 1.07. The van der Waals surface area contributed by atoms with Gasteiger partial charge in [0.1, 0.15) is 0 Å². The van der Waals surface area contributed by atoms with Crippen LogP contribution in [0.15, 0.2) is 170 Å². The monoisotopic (exact) mass is 672 g/mol. The molecule has 0 unspecified atom stereocenters. The summed E-state index contributed by atoms with van der Waals surface area (Å²) >= 11 is 1.68. The van der Waals surface area contributed by atoms with Crippen LogP contribution in [0.1, 0.15) is 0 Å². The van der Waals surface area contributed by atoms with Crippen LogP contribution in [-0.4, -0.2) is 29.9 Å². The number of aromatic nitrogens is 6. The molecule has 51 heavy (non-hydrogen) atoms. The smallest absolute Gasteiger partial charge is 0.174 e. The predicted molar refractivity (Wildman–Crippen MR) is 207 cm³/mol. The normalized spacial score (nSPS) is 11.1. The van der Waals surface area contributed by atoms with Crippen LogP contribution >= 0.6 is 11.3 Å². The summed E-state index contributed by atoms with van der Waals surface area (Å²) in [7, 11) is 0. The van der Waals surface area contributed by atoms with Crippen LogP contribution < -0.4 is 0 Å². The van der Waals surface area contributed by atoms with E-state index in [0.717, 1.165) is 49.2 Å². The maximum absolute atomic E-state index is 5.13. The van der Waals surface area contributed by atoms with E-state index in [9.17, 15) is 0 Å². The molecule has 0 spiro atoms. The van der Waals surface area contributed by atoms with E-state index < -0.39 is 0 Å². The molecular weight excluding hydrogens is 645 g/mol. The Morgan fingerprint density at radius 3 is 1.08 bits per heavy atom. The van der Waals surface area contributed by atoms with E-state index in [0.29, 0.717) is 34.9 Å². The fourth-order valence-electron chi connectivity index (χ4n) is 6.04. The molecule has 6 nitrogen and oxygen atoms in total. The lowest BCUT2D eigenvalue weighted by Gasteiger charge is -2.13. The number of hydrogen-bond acceptors (Lipinski definition) is 7. The third-order valence-electron chi connectivity index (χ3n) is 8.57. The van der Waals surface area contributed by atoms with E-state index in [1.54, 1.807) is 11.3 Å². The van der Waals surface area contributed by atoms with Gasteiger partial charge in [0, 0.05) is 32.5 Å². The van der Waals surface area contributed by atoms with Crippen LogP contribution in [0.2, 0.25) is 0 Å².